The van der Waals surface area contributed by atoms with Gasteiger partial charge in [-0.25, -0.2) is 0 Å². The smallest absolute Gasteiger partial charge is 0.256 e. The molecule has 6 heteroatoms. The van der Waals surface area contributed by atoms with E-state index in [0.717, 1.165) is 54.7 Å². The number of nitrogens with two attached hydrogens (primary N) is 2. The summed E-state index contributed by atoms with van der Waals surface area (Å²) in [6.07, 6.45) is 4.10. The van der Waals surface area contributed by atoms with Crippen LogP contribution in [0.25, 0.3) is 0 Å². The van der Waals surface area contributed by atoms with Gasteiger partial charge in [0.1, 0.15) is 5.82 Å². The molecule has 2 aliphatic rings. The molecule has 1 unspecified atom stereocenters. The van der Waals surface area contributed by atoms with E-state index in [9.17, 15) is 4.79 Å². The van der Waals surface area contributed by atoms with E-state index in [2.05, 4.69) is 36.4 Å². The average Bonchev–Trinajstić information content (AvgIpc) is 2.97. The molecule has 0 radical (unpaired) electrons. The first-order valence-corrected chi connectivity index (χ1v) is 9.53. The number of aryl methyl sites for hydroxylation is 3. The lowest BCUT2D eigenvalue weighted by atomic mass is 9.86. The van der Waals surface area contributed by atoms with Gasteiger partial charge in [-0.3, -0.25) is 4.79 Å². The summed E-state index contributed by atoms with van der Waals surface area (Å²) in [6.45, 7) is 5.01. The molecule has 6 nitrogen and oxygen atoms in total. The van der Waals surface area contributed by atoms with Crippen LogP contribution >= 0.6 is 0 Å². The van der Waals surface area contributed by atoms with Crippen LogP contribution in [-0.2, 0) is 19.3 Å². The van der Waals surface area contributed by atoms with Crippen LogP contribution in [0.15, 0.2) is 12.1 Å². The number of aromatic nitrogens is 2. The molecule has 2 aromatic rings. The van der Waals surface area contributed by atoms with Gasteiger partial charge in [0, 0.05) is 23.8 Å². The number of carbonyl (C=O) groups is 1. The molecule has 1 aliphatic heterocycles. The number of hydrogen-bond acceptors (Lipinski definition) is 5. The molecule has 0 saturated heterocycles. The zero-order valence-corrected chi connectivity index (χ0v) is 15.5. The number of hydrogen-bond donors (Lipinski definition) is 3. The normalized spacial score (nSPS) is 21.7. The largest absolute Gasteiger partial charge is 0.385 e. The number of rotatable bonds is 2. The minimum Gasteiger partial charge on any atom is -0.385 e. The third kappa shape index (κ3) is 2.69. The molecule has 2 atom stereocenters. The Labute approximate surface area is 153 Å². The first kappa shape index (κ1) is 17.1. The van der Waals surface area contributed by atoms with Gasteiger partial charge in [-0.05, 0) is 55.7 Å². The van der Waals surface area contributed by atoms with Crippen molar-refractivity contribution in [1.29, 1.82) is 0 Å². The summed E-state index contributed by atoms with van der Waals surface area (Å²) in [4.78, 5) is 13.4. The molecular weight excluding hydrogens is 326 g/mol. The molecule has 2 heterocycles. The maximum Gasteiger partial charge on any atom is 0.256 e. The van der Waals surface area contributed by atoms with Crippen LogP contribution in [0.5, 0.6) is 0 Å². The molecule has 5 N–H and O–H groups in total. The number of anilines is 2. The monoisotopic (exact) mass is 353 g/mol. The van der Waals surface area contributed by atoms with Crippen molar-refractivity contribution in [2.45, 2.75) is 57.9 Å². The number of fused-ring (bicyclic) bond motifs is 2. The molecule has 4 rings (SSSR count). The maximum absolute atomic E-state index is 13.4. The highest BCUT2D eigenvalue weighted by Gasteiger charge is 2.32. The molecule has 0 bridgehead atoms. The van der Waals surface area contributed by atoms with E-state index in [4.69, 9.17) is 11.5 Å². The Bertz CT molecular complexity index is 870. The Morgan fingerprint density at radius 1 is 1.38 bits per heavy atom. The fourth-order valence-electron chi connectivity index (χ4n) is 4.30. The molecule has 26 heavy (non-hydrogen) atoms. The maximum atomic E-state index is 13.4. The molecule has 1 aromatic carbocycles. The number of nitrogens with zero attached hydrogens (tertiary/aromatic N) is 2. The van der Waals surface area contributed by atoms with Crippen LogP contribution in [0.2, 0.25) is 0 Å². The van der Waals surface area contributed by atoms with Gasteiger partial charge < -0.3 is 16.8 Å². The lowest BCUT2D eigenvalue weighted by Crippen LogP contribution is -2.29. The number of carbonyl (C=O) groups excluding carboxylic acids is 1. The fraction of sp³-hybridized carbons (Fsp3) is 0.500. The van der Waals surface area contributed by atoms with E-state index in [1.165, 1.54) is 15.8 Å². The van der Waals surface area contributed by atoms with Gasteiger partial charge in [0.2, 0.25) is 0 Å². The third-order valence-corrected chi connectivity index (χ3v) is 5.78. The first-order chi connectivity index (χ1) is 12.5. The van der Waals surface area contributed by atoms with Crippen molar-refractivity contribution >= 4 is 17.4 Å². The van der Waals surface area contributed by atoms with Gasteiger partial charge in [-0.1, -0.05) is 19.1 Å². The number of nitrogen functional groups attached to an aromatic ring is 1. The molecular formula is C20H27N5O. The standard InChI is InChI=1S/C20H27N5O/c1-3-12-8-11(2)18-15(9-12)14(6-7-23-18)20(26)25-19(22)16-10-13(21)4-5-17(16)24-25/h8-9,13-14,23H,3-7,10,21-22H2,1-2H3/t13?,14-/m0/s1. The van der Waals surface area contributed by atoms with Gasteiger partial charge in [0.05, 0.1) is 11.6 Å². The predicted octanol–water partition coefficient (Wildman–Crippen LogP) is 2.39. The van der Waals surface area contributed by atoms with E-state index in [1.807, 2.05) is 0 Å². The van der Waals surface area contributed by atoms with Gasteiger partial charge in [0.15, 0.2) is 0 Å². The van der Waals surface area contributed by atoms with Gasteiger partial charge in [0.25, 0.3) is 5.91 Å². The Balaban J connectivity index is 1.74. The Morgan fingerprint density at radius 3 is 2.96 bits per heavy atom. The second-order valence-corrected chi connectivity index (χ2v) is 7.56. The Morgan fingerprint density at radius 2 is 2.19 bits per heavy atom. The van der Waals surface area contributed by atoms with Gasteiger partial charge in [-0.2, -0.15) is 9.78 Å². The zero-order valence-electron chi connectivity index (χ0n) is 15.5. The van der Waals surface area contributed by atoms with Crippen molar-refractivity contribution in [3.63, 3.8) is 0 Å². The Hall–Kier alpha value is -2.34. The second-order valence-electron chi connectivity index (χ2n) is 7.56. The van der Waals surface area contributed by atoms with Crippen molar-refractivity contribution in [2.75, 3.05) is 17.6 Å². The lowest BCUT2D eigenvalue weighted by molar-refractivity contribution is 0.0859. The molecule has 0 saturated carbocycles. The van der Waals surface area contributed by atoms with E-state index in [-0.39, 0.29) is 17.9 Å². The lowest BCUT2D eigenvalue weighted by Gasteiger charge is -2.28. The van der Waals surface area contributed by atoms with E-state index in [1.54, 1.807) is 0 Å². The highest BCUT2D eigenvalue weighted by molar-refractivity contribution is 5.90. The fourth-order valence-corrected chi connectivity index (χ4v) is 4.30. The van der Waals surface area contributed by atoms with Crippen LogP contribution in [0, 0.1) is 6.92 Å². The summed E-state index contributed by atoms with van der Waals surface area (Å²) in [5.41, 5.74) is 18.9. The Kier molecular flexibility index (Phi) is 4.23. The molecule has 138 valence electrons. The summed E-state index contributed by atoms with van der Waals surface area (Å²) in [6, 6.07) is 4.46. The molecule has 0 amide bonds. The number of nitrogens with one attached hydrogen (secondary N) is 1. The second kappa shape index (κ2) is 6.43. The minimum atomic E-state index is -0.214. The van der Waals surface area contributed by atoms with Crippen molar-refractivity contribution in [3.05, 3.63) is 40.1 Å². The summed E-state index contributed by atoms with van der Waals surface area (Å²) < 4.78 is 1.44. The molecule has 0 spiro atoms. The van der Waals surface area contributed by atoms with Crippen LogP contribution in [0.4, 0.5) is 11.5 Å². The minimum absolute atomic E-state index is 0.0270. The first-order valence-electron chi connectivity index (χ1n) is 9.53. The molecule has 1 aliphatic carbocycles. The summed E-state index contributed by atoms with van der Waals surface area (Å²) in [5.74, 6) is 0.234. The van der Waals surface area contributed by atoms with Gasteiger partial charge in [-0.15, -0.1) is 0 Å². The van der Waals surface area contributed by atoms with Gasteiger partial charge >= 0.3 is 0 Å². The van der Waals surface area contributed by atoms with Crippen LogP contribution in [-0.4, -0.2) is 28.3 Å². The van der Waals surface area contributed by atoms with Crippen molar-refractivity contribution in [3.8, 4) is 0 Å². The van der Waals surface area contributed by atoms with Crippen molar-refractivity contribution < 1.29 is 4.79 Å². The molecule has 1 aromatic heterocycles. The summed E-state index contributed by atoms with van der Waals surface area (Å²) in [7, 11) is 0. The zero-order chi connectivity index (χ0) is 18.4. The predicted molar refractivity (Wildman–Crippen MR) is 104 cm³/mol. The van der Waals surface area contributed by atoms with E-state index in [0.29, 0.717) is 12.2 Å². The summed E-state index contributed by atoms with van der Waals surface area (Å²) in [5, 5.41) is 8.02. The van der Waals surface area contributed by atoms with Crippen molar-refractivity contribution in [2.24, 2.45) is 5.73 Å². The molecule has 0 fully saturated rings. The van der Waals surface area contributed by atoms with E-state index >= 15 is 0 Å². The topological polar surface area (TPSA) is 99.0 Å². The highest BCUT2D eigenvalue weighted by atomic mass is 16.2. The van der Waals surface area contributed by atoms with Crippen molar-refractivity contribution in [1.82, 2.24) is 9.78 Å². The number of benzene rings is 1. The third-order valence-electron chi connectivity index (χ3n) is 5.78. The van der Waals surface area contributed by atoms with Crippen LogP contribution in [0.1, 0.15) is 58.4 Å². The van der Waals surface area contributed by atoms with Crippen LogP contribution in [0.3, 0.4) is 0 Å². The quantitative estimate of drug-likeness (QED) is 0.770. The van der Waals surface area contributed by atoms with Crippen LogP contribution < -0.4 is 16.8 Å². The average molecular weight is 353 g/mol. The summed E-state index contributed by atoms with van der Waals surface area (Å²) >= 11 is 0. The van der Waals surface area contributed by atoms with E-state index < -0.39 is 0 Å². The highest BCUT2D eigenvalue weighted by Crippen LogP contribution is 2.37. The SMILES string of the molecule is CCc1cc(C)c2c(c1)[C@@H](C(=O)n1nc3c(c1N)CC(N)CC3)CCN2.